The van der Waals surface area contributed by atoms with Gasteiger partial charge in [0.25, 0.3) is 0 Å². The molecule has 0 bridgehead atoms. The highest BCUT2D eigenvalue weighted by Crippen LogP contribution is 2.31. The van der Waals surface area contributed by atoms with Gasteiger partial charge >= 0.3 is 0 Å². The summed E-state index contributed by atoms with van der Waals surface area (Å²) in [5.41, 5.74) is 8.45. The number of hydrogen-bond acceptors (Lipinski definition) is 2. The predicted octanol–water partition coefficient (Wildman–Crippen LogP) is 4.49. The van der Waals surface area contributed by atoms with Gasteiger partial charge in [-0.25, -0.2) is 0 Å². The lowest BCUT2D eigenvalue weighted by atomic mass is 9.98. The average Bonchev–Trinajstić information content (AvgIpc) is 2.63. The summed E-state index contributed by atoms with van der Waals surface area (Å²) < 4.78 is 1.18. The van der Waals surface area contributed by atoms with Gasteiger partial charge in [0.1, 0.15) is 0 Å². The molecule has 19 heavy (non-hydrogen) atoms. The normalized spacial score (nSPS) is 22.1. The summed E-state index contributed by atoms with van der Waals surface area (Å²) in [7, 11) is 0. The second kappa shape index (κ2) is 6.76. The van der Waals surface area contributed by atoms with Crippen LogP contribution in [0.5, 0.6) is 0 Å². The van der Waals surface area contributed by atoms with Crippen molar-refractivity contribution in [2.24, 2.45) is 11.7 Å². The fraction of sp³-hybridized carbons (Fsp3) is 0.625. The summed E-state index contributed by atoms with van der Waals surface area (Å²) >= 11 is 3.71. The highest BCUT2D eigenvalue weighted by molar-refractivity contribution is 9.10. The number of hydrogen-bond donors (Lipinski definition) is 1. The Labute approximate surface area is 125 Å². The minimum atomic E-state index is 0.0963. The molecule has 2 nitrogen and oxygen atoms in total. The van der Waals surface area contributed by atoms with E-state index in [1.165, 1.54) is 54.5 Å². The van der Waals surface area contributed by atoms with Gasteiger partial charge in [0.2, 0.25) is 0 Å². The van der Waals surface area contributed by atoms with E-state index in [0.717, 1.165) is 5.92 Å². The van der Waals surface area contributed by atoms with Gasteiger partial charge in [-0.2, -0.15) is 0 Å². The first-order valence-corrected chi connectivity index (χ1v) is 8.21. The SMILES string of the molecule is CCC1CCCN(c2ccc([C@H](C)N)cc2Br)CC1. The van der Waals surface area contributed by atoms with Crippen molar-refractivity contribution in [1.29, 1.82) is 0 Å². The molecule has 1 aliphatic heterocycles. The molecule has 2 atom stereocenters. The Morgan fingerprint density at radius 2 is 2.16 bits per heavy atom. The molecule has 0 saturated carbocycles. The molecule has 1 unspecified atom stereocenters. The largest absolute Gasteiger partial charge is 0.371 e. The molecule has 1 fully saturated rings. The Bertz CT molecular complexity index is 417. The first-order valence-electron chi connectivity index (χ1n) is 7.41. The minimum Gasteiger partial charge on any atom is -0.371 e. The predicted molar refractivity (Wildman–Crippen MR) is 86.6 cm³/mol. The summed E-state index contributed by atoms with van der Waals surface area (Å²) in [6, 6.07) is 6.64. The van der Waals surface area contributed by atoms with Crippen molar-refractivity contribution in [3.63, 3.8) is 0 Å². The summed E-state index contributed by atoms with van der Waals surface area (Å²) in [6.07, 6.45) is 5.32. The third kappa shape index (κ3) is 3.73. The van der Waals surface area contributed by atoms with Gasteiger partial charge in [-0.1, -0.05) is 19.4 Å². The summed E-state index contributed by atoms with van der Waals surface area (Å²) in [6.45, 7) is 6.69. The van der Waals surface area contributed by atoms with Gasteiger partial charge in [0.05, 0.1) is 5.69 Å². The average molecular weight is 325 g/mol. The van der Waals surface area contributed by atoms with E-state index in [1.807, 2.05) is 6.92 Å². The van der Waals surface area contributed by atoms with Crippen LogP contribution in [0.15, 0.2) is 22.7 Å². The van der Waals surface area contributed by atoms with Crippen molar-refractivity contribution in [2.45, 2.75) is 45.6 Å². The molecule has 0 amide bonds. The molecule has 1 aliphatic rings. The molecule has 1 heterocycles. The van der Waals surface area contributed by atoms with Gasteiger partial charge < -0.3 is 10.6 Å². The highest BCUT2D eigenvalue weighted by atomic mass is 79.9. The van der Waals surface area contributed by atoms with Crippen molar-refractivity contribution in [3.8, 4) is 0 Å². The van der Waals surface area contributed by atoms with Crippen LogP contribution in [0.3, 0.4) is 0 Å². The van der Waals surface area contributed by atoms with Crippen LogP contribution in [0.25, 0.3) is 0 Å². The van der Waals surface area contributed by atoms with E-state index in [1.54, 1.807) is 0 Å². The summed E-state index contributed by atoms with van der Waals surface area (Å²) in [5, 5.41) is 0. The zero-order valence-electron chi connectivity index (χ0n) is 12.0. The van der Waals surface area contributed by atoms with Crippen LogP contribution < -0.4 is 10.6 Å². The van der Waals surface area contributed by atoms with Crippen LogP contribution in [0.1, 0.15) is 51.1 Å². The van der Waals surface area contributed by atoms with Gasteiger partial charge in [0, 0.05) is 23.6 Å². The molecule has 1 aromatic carbocycles. The lowest BCUT2D eigenvalue weighted by Crippen LogP contribution is -2.24. The zero-order chi connectivity index (χ0) is 13.8. The molecule has 1 saturated heterocycles. The highest BCUT2D eigenvalue weighted by Gasteiger charge is 2.17. The number of rotatable bonds is 3. The second-order valence-corrected chi connectivity index (χ2v) is 6.55. The minimum absolute atomic E-state index is 0.0963. The standard InChI is InChI=1S/C16H25BrN2/c1-3-13-5-4-9-19(10-8-13)16-7-6-14(12(2)18)11-15(16)17/h6-7,11-13H,3-5,8-10,18H2,1-2H3/t12-,13?/m0/s1. The van der Waals surface area contributed by atoms with Crippen LogP contribution in [-0.4, -0.2) is 13.1 Å². The molecule has 3 heteroatoms. The monoisotopic (exact) mass is 324 g/mol. The lowest BCUT2D eigenvalue weighted by molar-refractivity contribution is 0.459. The number of halogens is 1. The fourth-order valence-electron chi connectivity index (χ4n) is 2.88. The second-order valence-electron chi connectivity index (χ2n) is 5.69. The third-order valence-corrected chi connectivity index (χ3v) is 4.90. The van der Waals surface area contributed by atoms with Crippen LogP contribution >= 0.6 is 15.9 Å². The quantitative estimate of drug-likeness (QED) is 0.887. The maximum atomic E-state index is 5.94. The Kier molecular flexibility index (Phi) is 5.28. The number of nitrogens with zero attached hydrogens (tertiary/aromatic N) is 1. The summed E-state index contributed by atoms with van der Waals surface area (Å²) in [4.78, 5) is 2.52. The van der Waals surface area contributed by atoms with Crippen molar-refractivity contribution < 1.29 is 0 Å². The zero-order valence-corrected chi connectivity index (χ0v) is 13.6. The van der Waals surface area contributed by atoms with Crippen LogP contribution in [-0.2, 0) is 0 Å². The van der Waals surface area contributed by atoms with E-state index < -0.39 is 0 Å². The first-order chi connectivity index (χ1) is 9.11. The van der Waals surface area contributed by atoms with Gasteiger partial charge in [0.15, 0.2) is 0 Å². The number of nitrogens with two attached hydrogens (primary N) is 1. The molecule has 0 aliphatic carbocycles. The van der Waals surface area contributed by atoms with Gasteiger partial charge in [-0.15, -0.1) is 0 Å². The van der Waals surface area contributed by atoms with Crippen LogP contribution in [0.2, 0.25) is 0 Å². The molecule has 0 aromatic heterocycles. The first kappa shape index (κ1) is 14.9. The molecule has 0 spiro atoms. The smallest absolute Gasteiger partial charge is 0.0510 e. The van der Waals surface area contributed by atoms with Crippen molar-refractivity contribution >= 4 is 21.6 Å². The maximum Gasteiger partial charge on any atom is 0.0510 e. The van der Waals surface area contributed by atoms with E-state index in [2.05, 4.69) is 46.0 Å². The molecule has 1 aromatic rings. The molecule has 2 rings (SSSR count). The van der Waals surface area contributed by atoms with Crippen molar-refractivity contribution in [3.05, 3.63) is 28.2 Å². The Morgan fingerprint density at radius 3 is 2.79 bits per heavy atom. The van der Waals surface area contributed by atoms with E-state index >= 15 is 0 Å². The van der Waals surface area contributed by atoms with E-state index in [0.29, 0.717) is 0 Å². The Balaban J connectivity index is 2.13. The van der Waals surface area contributed by atoms with E-state index in [9.17, 15) is 0 Å². The fourth-order valence-corrected chi connectivity index (χ4v) is 3.52. The third-order valence-electron chi connectivity index (χ3n) is 4.26. The van der Waals surface area contributed by atoms with Crippen molar-refractivity contribution in [1.82, 2.24) is 0 Å². The van der Waals surface area contributed by atoms with Gasteiger partial charge in [-0.05, 0) is 65.7 Å². The van der Waals surface area contributed by atoms with E-state index in [-0.39, 0.29) is 6.04 Å². The molecule has 2 N–H and O–H groups in total. The van der Waals surface area contributed by atoms with Gasteiger partial charge in [-0.3, -0.25) is 0 Å². The van der Waals surface area contributed by atoms with E-state index in [4.69, 9.17) is 5.73 Å². The lowest BCUT2D eigenvalue weighted by Gasteiger charge is -2.25. The molecule has 0 radical (unpaired) electrons. The molecule has 106 valence electrons. The topological polar surface area (TPSA) is 29.3 Å². The summed E-state index contributed by atoms with van der Waals surface area (Å²) in [5.74, 6) is 0.909. The molecular formula is C16H25BrN2. The Hall–Kier alpha value is -0.540. The van der Waals surface area contributed by atoms with Crippen LogP contribution in [0, 0.1) is 5.92 Å². The number of anilines is 1. The molecular weight excluding hydrogens is 300 g/mol. The Morgan fingerprint density at radius 1 is 1.37 bits per heavy atom. The maximum absolute atomic E-state index is 5.94. The van der Waals surface area contributed by atoms with Crippen molar-refractivity contribution in [2.75, 3.05) is 18.0 Å². The number of benzene rings is 1. The van der Waals surface area contributed by atoms with Crippen LogP contribution in [0.4, 0.5) is 5.69 Å².